The highest BCUT2D eigenvalue weighted by Crippen LogP contribution is 2.22. The van der Waals surface area contributed by atoms with E-state index < -0.39 is 0 Å². The Balaban J connectivity index is 2.16. The molecule has 0 saturated carbocycles. The van der Waals surface area contributed by atoms with Crippen LogP contribution in [0.25, 0.3) is 16.3 Å². The van der Waals surface area contributed by atoms with Crippen molar-refractivity contribution in [3.05, 3.63) is 48.5 Å². The van der Waals surface area contributed by atoms with Gasteiger partial charge in [-0.25, -0.2) is 4.98 Å². The second-order valence-corrected chi connectivity index (χ2v) is 6.46. The summed E-state index contributed by atoms with van der Waals surface area (Å²) < 4.78 is 1.89. The number of carbonyl (C=O) groups is 1. The van der Waals surface area contributed by atoms with E-state index in [9.17, 15) is 4.79 Å². The van der Waals surface area contributed by atoms with Crippen molar-refractivity contribution in [3.63, 3.8) is 0 Å². The topological polar surface area (TPSA) is 37.6 Å². The van der Waals surface area contributed by atoms with Crippen LogP contribution in [0, 0.1) is 0 Å². The van der Waals surface area contributed by atoms with E-state index in [-0.39, 0.29) is 11.4 Å². The maximum atomic E-state index is 12.9. The molecule has 0 saturated heterocycles. The van der Waals surface area contributed by atoms with Crippen molar-refractivity contribution in [1.82, 2.24) is 14.3 Å². The molecule has 4 nitrogen and oxygen atoms in total. The van der Waals surface area contributed by atoms with E-state index in [1.165, 1.54) is 0 Å². The zero-order chi connectivity index (χ0) is 15.9. The smallest absolute Gasteiger partial charge is 0.290 e. The number of aromatic nitrogens is 2. The van der Waals surface area contributed by atoms with Crippen LogP contribution in [0.1, 0.15) is 38.3 Å². The number of rotatable bonds is 2. The number of pyridine rings is 1. The largest absolute Gasteiger partial charge is 0.331 e. The molecule has 0 spiro atoms. The highest BCUT2D eigenvalue weighted by Gasteiger charge is 2.28. The number of nitrogens with zero attached hydrogens (tertiary/aromatic N) is 3. The van der Waals surface area contributed by atoms with Crippen LogP contribution >= 0.6 is 0 Å². The molecule has 2 heterocycles. The minimum atomic E-state index is -0.228. The van der Waals surface area contributed by atoms with Crippen LogP contribution in [-0.2, 0) is 0 Å². The van der Waals surface area contributed by atoms with Crippen LogP contribution in [0.15, 0.2) is 42.7 Å². The van der Waals surface area contributed by atoms with E-state index in [2.05, 4.69) is 17.1 Å². The molecule has 0 unspecified atom stereocenters. The Bertz CT molecular complexity index is 842. The maximum Gasteiger partial charge on any atom is 0.290 e. The Morgan fingerprint density at radius 3 is 2.64 bits per heavy atom. The zero-order valence-corrected chi connectivity index (χ0v) is 13.5. The fourth-order valence-corrected chi connectivity index (χ4v) is 2.94. The lowest BCUT2D eigenvalue weighted by molar-refractivity contribution is 0.0585. The summed E-state index contributed by atoms with van der Waals surface area (Å²) in [5.41, 5.74) is 0.737. The summed E-state index contributed by atoms with van der Waals surface area (Å²) >= 11 is 0. The van der Waals surface area contributed by atoms with Gasteiger partial charge in [0.15, 0.2) is 0 Å². The molecule has 114 valence electrons. The van der Waals surface area contributed by atoms with Gasteiger partial charge in [-0.1, -0.05) is 24.3 Å². The van der Waals surface area contributed by atoms with Gasteiger partial charge in [0.1, 0.15) is 0 Å². The second-order valence-electron chi connectivity index (χ2n) is 6.46. The first-order valence-corrected chi connectivity index (χ1v) is 7.60. The van der Waals surface area contributed by atoms with Crippen LogP contribution in [0.2, 0.25) is 0 Å². The molecule has 1 aromatic carbocycles. The van der Waals surface area contributed by atoms with Gasteiger partial charge in [0, 0.05) is 23.7 Å². The number of hydrogen-bond donors (Lipinski definition) is 0. The molecule has 0 atom stereocenters. The molecule has 0 aliphatic carbocycles. The van der Waals surface area contributed by atoms with Crippen molar-refractivity contribution >= 4 is 22.2 Å². The minimum absolute atomic E-state index is 0.0368. The summed E-state index contributed by atoms with van der Waals surface area (Å²) in [4.78, 5) is 19.1. The van der Waals surface area contributed by atoms with Crippen LogP contribution in [0.5, 0.6) is 0 Å². The van der Waals surface area contributed by atoms with Crippen molar-refractivity contribution in [2.45, 2.75) is 33.2 Å². The first-order chi connectivity index (χ1) is 10.4. The number of amides is 1. The van der Waals surface area contributed by atoms with Crippen molar-refractivity contribution in [2.24, 2.45) is 0 Å². The maximum absolute atomic E-state index is 12.9. The SMILES string of the molecule is CCN(C(=O)c1ncc2c3ccccc3ccn12)C(C)(C)C. The molecule has 2 aromatic heterocycles. The lowest BCUT2D eigenvalue weighted by Gasteiger charge is -2.34. The summed E-state index contributed by atoms with van der Waals surface area (Å²) in [6.07, 6.45) is 3.71. The number of hydrogen-bond acceptors (Lipinski definition) is 2. The molecule has 0 fully saturated rings. The molecule has 0 N–H and O–H groups in total. The summed E-state index contributed by atoms with van der Waals surface area (Å²) in [6, 6.07) is 10.2. The minimum Gasteiger partial charge on any atom is -0.331 e. The Hall–Kier alpha value is -2.36. The highest BCUT2D eigenvalue weighted by atomic mass is 16.2. The van der Waals surface area contributed by atoms with Gasteiger partial charge in [-0.15, -0.1) is 0 Å². The molecule has 3 rings (SSSR count). The van der Waals surface area contributed by atoms with Gasteiger partial charge in [-0.2, -0.15) is 0 Å². The van der Waals surface area contributed by atoms with Gasteiger partial charge >= 0.3 is 0 Å². The van der Waals surface area contributed by atoms with Gasteiger partial charge in [0.25, 0.3) is 5.91 Å². The Morgan fingerprint density at radius 2 is 1.95 bits per heavy atom. The monoisotopic (exact) mass is 295 g/mol. The molecule has 4 heteroatoms. The first-order valence-electron chi connectivity index (χ1n) is 7.60. The Morgan fingerprint density at radius 1 is 1.23 bits per heavy atom. The summed E-state index contributed by atoms with van der Waals surface area (Å²) in [6.45, 7) is 8.78. The quantitative estimate of drug-likeness (QED) is 0.722. The molecule has 1 amide bonds. The average molecular weight is 295 g/mol. The Labute approximate surface area is 130 Å². The van der Waals surface area contributed by atoms with E-state index in [1.807, 2.05) is 61.4 Å². The zero-order valence-electron chi connectivity index (χ0n) is 13.5. The summed E-state index contributed by atoms with van der Waals surface area (Å²) in [5.74, 6) is 0.433. The molecular weight excluding hydrogens is 274 g/mol. The van der Waals surface area contributed by atoms with Crippen molar-refractivity contribution in [3.8, 4) is 0 Å². The third-order valence-corrected chi connectivity index (χ3v) is 4.00. The van der Waals surface area contributed by atoms with E-state index in [1.54, 1.807) is 6.20 Å². The number of benzene rings is 1. The van der Waals surface area contributed by atoms with E-state index in [4.69, 9.17) is 0 Å². The first kappa shape index (κ1) is 14.6. The van der Waals surface area contributed by atoms with Crippen molar-refractivity contribution in [1.29, 1.82) is 0 Å². The molecule has 0 bridgehead atoms. The van der Waals surface area contributed by atoms with Gasteiger partial charge < -0.3 is 4.90 Å². The normalized spacial score (nSPS) is 12.0. The van der Waals surface area contributed by atoms with E-state index in [0.717, 1.165) is 16.3 Å². The van der Waals surface area contributed by atoms with Crippen molar-refractivity contribution in [2.75, 3.05) is 6.54 Å². The van der Waals surface area contributed by atoms with Crippen LogP contribution < -0.4 is 0 Å². The number of imidazole rings is 1. The Kier molecular flexibility index (Phi) is 3.39. The summed E-state index contributed by atoms with van der Waals surface area (Å²) in [7, 11) is 0. The molecular formula is C18H21N3O. The third-order valence-electron chi connectivity index (χ3n) is 4.00. The van der Waals surface area contributed by atoms with Crippen molar-refractivity contribution < 1.29 is 4.79 Å². The molecule has 3 aromatic rings. The van der Waals surface area contributed by atoms with Gasteiger partial charge in [-0.05, 0) is 39.1 Å². The van der Waals surface area contributed by atoms with E-state index >= 15 is 0 Å². The third kappa shape index (κ3) is 2.25. The summed E-state index contributed by atoms with van der Waals surface area (Å²) in [5, 5.41) is 2.26. The average Bonchev–Trinajstić information content (AvgIpc) is 2.90. The fourth-order valence-electron chi connectivity index (χ4n) is 2.94. The molecule has 22 heavy (non-hydrogen) atoms. The lowest BCUT2D eigenvalue weighted by atomic mass is 10.1. The predicted octanol–water partition coefficient (Wildman–Crippen LogP) is 3.75. The standard InChI is InChI=1S/C18H21N3O/c1-5-21(18(2,3)4)17(22)16-19-12-15-14-9-7-6-8-13(14)10-11-20(15)16/h6-12H,5H2,1-4H3. The fraction of sp³-hybridized carbons (Fsp3) is 0.333. The second kappa shape index (κ2) is 5.13. The number of carbonyl (C=O) groups excluding carboxylic acids is 1. The van der Waals surface area contributed by atoms with E-state index in [0.29, 0.717) is 12.4 Å². The van der Waals surface area contributed by atoms with Gasteiger partial charge in [0.05, 0.1) is 11.7 Å². The number of fused-ring (bicyclic) bond motifs is 3. The lowest BCUT2D eigenvalue weighted by Crippen LogP contribution is -2.46. The van der Waals surface area contributed by atoms with Crippen LogP contribution in [-0.4, -0.2) is 32.3 Å². The van der Waals surface area contributed by atoms with Gasteiger partial charge in [0.2, 0.25) is 5.82 Å². The predicted molar refractivity (Wildman–Crippen MR) is 89.2 cm³/mol. The van der Waals surface area contributed by atoms with Crippen LogP contribution in [0.3, 0.4) is 0 Å². The van der Waals surface area contributed by atoms with Gasteiger partial charge in [-0.3, -0.25) is 9.20 Å². The molecule has 0 aliphatic heterocycles. The molecule has 0 aliphatic rings. The van der Waals surface area contributed by atoms with Crippen LogP contribution in [0.4, 0.5) is 0 Å². The highest BCUT2D eigenvalue weighted by molar-refractivity contribution is 5.99. The molecule has 0 radical (unpaired) electrons.